The van der Waals surface area contributed by atoms with Gasteiger partial charge in [0.25, 0.3) is 5.91 Å². The first-order valence-electron chi connectivity index (χ1n) is 23.4. The van der Waals surface area contributed by atoms with Crippen LogP contribution in [-0.4, -0.2) is 142 Å². The molecule has 6 aromatic heterocycles. The standard InChI is InChI=1S/C27H30N6O3S.C23H22N4O4S/c1-18(34)31-14-16-32(17-15-31)22-9-8-19-24(35)23(26(36)28-10-13-30-11-4-5-12-30)27-33(25(19)29-22)20-6-2-3-7-21(20)37-27;1-3-31-23(30)19-20(29)15-8-9-18(26-12-10-25(11-13-26)14(2)28)24-21(15)27-16-6-4-5-7-17(16)32-22(19)27/h2-3,6-9H,4-5,10-17H2,1H3,(H,28,36);4-9H,3,10-13H2,1-2H3. The number of pyridine rings is 4. The Morgan fingerprint density at radius 3 is 1.55 bits per heavy atom. The molecule has 356 valence electrons. The van der Waals surface area contributed by atoms with Crippen LogP contribution in [0.1, 0.15) is 54.3 Å². The second-order valence-electron chi connectivity index (χ2n) is 17.4. The number of rotatable bonds is 8. The Hall–Kier alpha value is -6.96. The van der Waals surface area contributed by atoms with Gasteiger partial charge in [0.1, 0.15) is 32.4 Å². The lowest BCUT2D eigenvalue weighted by Crippen LogP contribution is -2.48. The molecule has 0 spiro atoms. The van der Waals surface area contributed by atoms with Crippen molar-refractivity contribution < 1.29 is 23.9 Å². The van der Waals surface area contributed by atoms with Crippen LogP contribution < -0.4 is 26.0 Å². The highest BCUT2D eigenvalue weighted by Gasteiger charge is 2.28. The van der Waals surface area contributed by atoms with Gasteiger partial charge in [0.2, 0.25) is 22.7 Å². The number of hydrogen-bond donors (Lipinski definition) is 1. The summed E-state index contributed by atoms with van der Waals surface area (Å²) >= 11 is 2.82. The number of fused-ring (bicyclic) bond motifs is 10. The number of benzene rings is 2. The van der Waals surface area contributed by atoms with Gasteiger partial charge in [0, 0.05) is 79.3 Å². The predicted molar refractivity (Wildman–Crippen MR) is 272 cm³/mol. The first-order chi connectivity index (χ1) is 33.5. The van der Waals surface area contributed by atoms with Crippen LogP contribution in [0.4, 0.5) is 11.6 Å². The van der Waals surface area contributed by atoms with E-state index in [-0.39, 0.29) is 46.3 Å². The maximum atomic E-state index is 13.7. The lowest BCUT2D eigenvalue weighted by Gasteiger charge is -2.35. The Morgan fingerprint density at radius 2 is 1.07 bits per heavy atom. The third kappa shape index (κ3) is 8.63. The minimum atomic E-state index is -0.618. The number of piperazine rings is 2. The van der Waals surface area contributed by atoms with E-state index in [9.17, 15) is 28.8 Å². The van der Waals surface area contributed by atoms with Crippen molar-refractivity contribution >= 4 is 110 Å². The molecule has 0 aliphatic carbocycles. The summed E-state index contributed by atoms with van der Waals surface area (Å²) in [4.78, 5) is 97.7. The van der Waals surface area contributed by atoms with Crippen molar-refractivity contribution in [1.29, 1.82) is 0 Å². The summed E-state index contributed by atoms with van der Waals surface area (Å²) in [7, 11) is 0. The molecular formula is C50H52N10O7S2. The fraction of sp³-hybridized carbons (Fsp3) is 0.360. The van der Waals surface area contributed by atoms with Gasteiger partial charge in [-0.05, 0) is 81.4 Å². The lowest BCUT2D eigenvalue weighted by molar-refractivity contribution is -0.129. The van der Waals surface area contributed by atoms with Crippen LogP contribution >= 0.6 is 22.7 Å². The summed E-state index contributed by atoms with van der Waals surface area (Å²) in [5, 5.41) is 3.80. The molecule has 1 N–H and O–H groups in total. The van der Waals surface area contributed by atoms with E-state index in [4.69, 9.17) is 14.7 Å². The topological polar surface area (TPSA) is 174 Å². The Labute approximate surface area is 404 Å². The first-order valence-corrected chi connectivity index (χ1v) is 25.1. The molecule has 8 aromatic rings. The molecule has 69 heavy (non-hydrogen) atoms. The average Bonchev–Trinajstić information content (AvgIpc) is 4.12. The largest absolute Gasteiger partial charge is 0.462 e. The van der Waals surface area contributed by atoms with E-state index in [2.05, 4.69) is 20.0 Å². The molecule has 11 rings (SSSR count). The molecule has 9 heterocycles. The van der Waals surface area contributed by atoms with Crippen molar-refractivity contribution in [2.45, 2.75) is 33.6 Å². The number of ether oxygens (including phenoxy) is 1. The van der Waals surface area contributed by atoms with Crippen LogP contribution in [0.2, 0.25) is 0 Å². The van der Waals surface area contributed by atoms with E-state index in [1.807, 2.05) is 79.3 Å². The number of hydrogen-bond acceptors (Lipinski definition) is 14. The Balaban J connectivity index is 0.000000162. The van der Waals surface area contributed by atoms with Crippen LogP contribution in [0.3, 0.4) is 0 Å². The molecule has 3 aliphatic rings. The minimum absolute atomic E-state index is 0.0465. The number of likely N-dealkylation sites (tertiary alicyclic amines) is 1. The summed E-state index contributed by atoms with van der Waals surface area (Å²) in [5.41, 5.74) is 2.44. The molecule has 2 aromatic carbocycles. The van der Waals surface area contributed by atoms with Gasteiger partial charge < -0.3 is 34.6 Å². The molecule has 3 aliphatic heterocycles. The fourth-order valence-corrected chi connectivity index (χ4v) is 12.0. The van der Waals surface area contributed by atoms with Crippen LogP contribution in [0.5, 0.6) is 0 Å². The molecule has 0 saturated carbocycles. The Bertz CT molecular complexity index is 3450. The summed E-state index contributed by atoms with van der Waals surface area (Å²) in [6, 6.07) is 22.9. The van der Waals surface area contributed by atoms with E-state index in [0.717, 1.165) is 51.7 Å². The zero-order valence-corrected chi connectivity index (χ0v) is 40.4. The van der Waals surface area contributed by atoms with Gasteiger partial charge in [0.05, 0.1) is 37.8 Å². The number of carbonyl (C=O) groups excluding carboxylic acids is 4. The maximum absolute atomic E-state index is 13.7. The predicted octanol–water partition coefficient (Wildman–Crippen LogP) is 5.46. The molecular weight excluding hydrogens is 917 g/mol. The average molecular weight is 969 g/mol. The van der Waals surface area contributed by atoms with Crippen molar-refractivity contribution in [1.82, 2.24) is 38.8 Å². The van der Waals surface area contributed by atoms with Gasteiger partial charge in [-0.25, -0.2) is 14.8 Å². The summed E-state index contributed by atoms with van der Waals surface area (Å²) in [6.07, 6.45) is 2.40. The highest BCUT2D eigenvalue weighted by atomic mass is 32.1. The number of nitrogens with one attached hydrogen (secondary N) is 1. The third-order valence-electron chi connectivity index (χ3n) is 13.3. The fourth-order valence-electron chi connectivity index (χ4n) is 9.62. The molecule has 3 amide bonds. The SMILES string of the molecule is CC(=O)N1CCN(c2ccc3c(=O)c(C(=O)NCCN4CCCC4)c4sc5ccccc5n4c3n2)CC1.CCOC(=O)c1c(=O)c2ccc(N3CCN(C(C)=O)CC3)nc2n2c1sc1ccccc12. The number of para-hydroxylation sites is 2. The van der Waals surface area contributed by atoms with Crippen LogP contribution in [0.25, 0.3) is 52.2 Å². The third-order valence-corrected chi connectivity index (χ3v) is 15.6. The van der Waals surface area contributed by atoms with Crippen LogP contribution in [0.15, 0.2) is 82.4 Å². The van der Waals surface area contributed by atoms with Crippen molar-refractivity contribution in [3.05, 3.63) is 104 Å². The number of aromatic nitrogens is 4. The summed E-state index contributed by atoms with van der Waals surface area (Å²) < 4.78 is 11.0. The molecule has 0 bridgehead atoms. The van der Waals surface area contributed by atoms with Gasteiger partial charge in [-0.3, -0.25) is 32.8 Å². The molecule has 19 heteroatoms. The first kappa shape index (κ1) is 45.8. The zero-order valence-electron chi connectivity index (χ0n) is 38.7. The van der Waals surface area contributed by atoms with E-state index in [1.165, 1.54) is 35.5 Å². The number of amides is 3. The summed E-state index contributed by atoms with van der Waals surface area (Å²) in [6.45, 7) is 13.7. The van der Waals surface area contributed by atoms with Crippen LogP contribution in [0, 0.1) is 0 Å². The Morgan fingerprint density at radius 1 is 0.609 bits per heavy atom. The highest BCUT2D eigenvalue weighted by molar-refractivity contribution is 7.24. The van der Waals surface area contributed by atoms with Gasteiger partial charge in [-0.15, -0.1) is 22.7 Å². The molecule has 0 atom stereocenters. The Kier molecular flexibility index (Phi) is 12.7. The van der Waals surface area contributed by atoms with E-state index >= 15 is 0 Å². The normalized spacial score (nSPS) is 15.7. The monoisotopic (exact) mass is 968 g/mol. The van der Waals surface area contributed by atoms with Gasteiger partial charge in [-0.2, -0.15) is 0 Å². The number of carbonyl (C=O) groups is 4. The minimum Gasteiger partial charge on any atom is -0.462 e. The number of nitrogens with zero attached hydrogens (tertiary/aromatic N) is 9. The van der Waals surface area contributed by atoms with Gasteiger partial charge in [0.15, 0.2) is 11.3 Å². The van der Waals surface area contributed by atoms with Gasteiger partial charge in [-0.1, -0.05) is 24.3 Å². The molecule has 3 fully saturated rings. The van der Waals surface area contributed by atoms with Gasteiger partial charge >= 0.3 is 5.97 Å². The quantitative estimate of drug-likeness (QED) is 0.191. The number of anilines is 2. The number of esters is 1. The van der Waals surface area contributed by atoms with E-state index in [1.54, 1.807) is 32.9 Å². The van der Waals surface area contributed by atoms with Crippen molar-refractivity contribution in [3.63, 3.8) is 0 Å². The smallest absolute Gasteiger partial charge is 0.345 e. The van der Waals surface area contributed by atoms with E-state index < -0.39 is 5.97 Å². The number of thiazole rings is 2. The molecule has 0 radical (unpaired) electrons. The summed E-state index contributed by atoms with van der Waals surface area (Å²) in [5.74, 6) is 0.707. The molecule has 3 saturated heterocycles. The highest BCUT2D eigenvalue weighted by Crippen LogP contribution is 2.33. The second-order valence-corrected chi connectivity index (χ2v) is 19.5. The molecule has 17 nitrogen and oxygen atoms in total. The lowest BCUT2D eigenvalue weighted by atomic mass is 10.1. The van der Waals surface area contributed by atoms with Crippen molar-refractivity contribution in [2.24, 2.45) is 0 Å². The van der Waals surface area contributed by atoms with Crippen molar-refractivity contribution in [3.8, 4) is 0 Å². The maximum Gasteiger partial charge on any atom is 0.345 e. The zero-order chi connectivity index (χ0) is 47.9. The molecule has 0 unspecified atom stereocenters. The van der Waals surface area contributed by atoms with Crippen LogP contribution in [-0.2, 0) is 14.3 Å². The second kappa shape index (κ2) is 19.2. The van der Waals surface area contributed by atoms with Crippen molar-refractivity contribution in [2.75, 3.05) is 94.9 Å². The van der Waals surface area contributed by atoms with E-state index in [0.29, 0.717) is 90.6 Å².